The van der Waals surface area contributed by atoms with E-state index in [0.717, 1.165) is 16.7 Å². The third kappa shape index (κ3) is 4.88. The van der Waals surface area contributed by atoms with Gasteiger partial charge in [-0.2, -0.15) is 26.3 Å². The third-order valence-electron chi connectivity index (χ3n) is 3.98. The molecule has 0 radical (unpaired) electrons. The Labute approximate surface area is 180 Å². The van der Waals surface area contributed by atoms with Gasteiger partial charge in [0.2, 0.25) is 0 Å². The zero-order valence-electron chi connectivity index (χ0n) is 14.9. The monoisotopic (exact) mass is 482 g/mol. The SMILES string of the molecule is O=C(NNc1ncc(C(F)(F)F)cc1Cl)c1cccn1-c1cccc(Cl)c1C(F)(F)F. The van der Waals surface area contributed by atoms with Gasteiger partial charge in [0.05, 0.1) is 26.9 Å². The van der Waals surface area contributed by atoms with Gasteiger partial charge in [0.25, 0.3) is 5.91 Å². The molecular formula is C18H10Cl2F6N4O. The van der Waals surface area contributed by atoms with Crippen molar-refractivity contribution in [3.8, 4) is 5.69 Å². The van der Waals surface area contributed by atoms with E-state index in [0.29, 0.717) is 12.3 Å². The van der Waals surface area contributed by atoms with Crippen LogP contribution in [-0.2, 0) is 12.4 Å². The fraction of sp³-hybridized carbons (Fsp3) is 0.111. The molecule has 3 aromatic rings. The van der Waals surface area contributed by atoms with Gasteiger partial charge in [0.1, 0.15) is 5.69 Å². The number of halogens is 8. The van der Waals surface area contributed by atoms with E-state index in [1.807, 2.05) is 0 Å². The van der Waals surface area contributed by atoms with Crippen LogP contribution in [0.2, 0.25) is 10.0 Å². The van der Waals surface area contributed by atoms with E-state index in [-0.39, 0.29) is 17.2 Å². The highest BCUT2D eigenvalue weighted by molar-refractivity contribution is 6.33. The van der Waals surface area contributed by atoms with Gasteiger partial charge < -0.3 is 4.57 Å². The highest BCUT2D eigenvalue weighted by atomic mass is 35.5. The molecule has 164 valence electrons. The molecule has 3 rings (SSSR count). The molecule has 0 saturated carbocycles. The lowest BCUT2D eigenvalue weighted by molar-refractivity contribution is -0.138. The van der Waals surface area contributed by atoms with Crippen molar-refractivity contribution in [1.29, 1.82) is 0 Å². The van der Waals surface area contributed by atoms with Gasteiger partial charge in [-0.05, 0) is 30.3 Å². The lowest BCUT2D eigenvalue weighted by Gasteiger charge is -2.17. The van der Waals surface area contributed by atoms with E-state index in [1.165, 1.54) is 24.4 Å². The molecule has 2 aromatic heterocycles. The Morgan fingerprint density at radius 1 is 0.968 bits per heavy atom. The number of rotatable bonds is 4. The topological polar surface area (TPSA) is 59.0 Å². The minimum atomic E-state index is -4.79. The van der Waals surface area contributed by atoms with Crippen molar-refractivity contribution in [3.05, 3.63) is 75.7 Å². The predicted octanol–water partition coefficient (Wildman–Crippen LogP) is 5.97. The molecule has 0 aliphatic heterocycles. The Kier molecular flexibility index (Phi) is 6.10. The van der Waals surface area contributed by atoms with E-state index in [4.69, 9.17) is 23.2 Å². The van der Waals surface area contributed by atoms with Crippen molar-refractivity contribution < 1.29 is 31.1 Å². The number of amides is 1. The smallest absolute Gasteiger partial charge is 0.312 e. The van der Waals surface area contributed by atoms with Crippen molar-refractivity contribution >= 4 is 34.9 Å². The maximum absolute atomic E-state index is 13.5. The Hall–Kier alpha value is -2.92. The summed E-state index contributed by atoms with van der Waals surface area (Å²) in [7, 11) is 0. The summed E-state index contributed by atoms with van der Waals surface area (Å²) < 4.78 is 79.3. The predicted molar refractivity (Wildman–Crippen MR) is 101 cm³/mol. The van der Waals surface area contributed by atoms with Crippen LogP contribution in [0.5, 0.6) is 0 Å². The number of carbonyl (C=O) groups is 1. The first-order valence-electron chi connectivity index (χ1n) is 8.22. The average molecular weight is 483 g/mol. The lowest BCUT2D eigenvalue weighted by Crippen LogP contribution is -2.31. The van der Waals surface area contributed by atoms with Crippen LogP contribution in [0.3, 0.4) is 0 Å². The first-order chi connectivity index (χ1) is 14.4. The largest absolute Gasteiger partial charge is 0.419 e. The average Bonchev–Trinajstić information content (AvgIpc) is 3.14. The van der Waals surface area contributed by atoms with Gasteiger partial charge >= 0.3 is 12.4 Å². The molecule has 0 aliphatic carbocycles. The lowest BCUT2D eigenvalue weighted by atomic mass is 10.1. The van der Waals surface area contributed by atoms with Gasteiger partial charge in [0, 0.05) is 12.4 Å². The zero-order valence-corrected chi connectivity index (χ0v) is 16.5. The molecule has 0 bridgehead atoms. The Balaban J connectivity index is 1.86. The van der Waals surface area contributed by atoms with Gasteiger partial charge in [-0.15, -0.1) is 0 Å². The van der Waals surface area contributed by atoms with Crippen LogP contribution in [0.15, 0.2) is 48.8 Å². The van der Waals surface area contributed by atoms with Crippen LogP contribution >= 0.6 is 23.2 Å². The standard InChI is InChI=1S/C18H10Cl2F6N4O/c19-10-3-1-4-12(14(10)18(24,25)26)30-6-2-5-13(30)16(31)29-28-15-11(20)7-9(8-27-15)17(21,22)23/h1-8H,(H,27,28)(H,29,31). The number of hydrazine groups is 1. The minimum Gasteiger partial charge on any atom is -0.312 e. The molecule has 2 N–H and O–H groups in total. The number of carbonyl (C=O) groups excluding carboxylic acids is 1. The van der Waals surface area contributed by atoms with E-state index in [9.17, 15) is 31.1 Å². The highest BCUT2D eigenvalue weighted by Gasteiger charge is 2.37. The molecular weight excluding hydrogens is 473 g/mol. The fourth-order valence-electron chi connectivity index (χ4n) is 2.64. The van der Waals surface area contributed by atoms with Crippen LogP contribution in [0.25, 0.3) is 5.69 Å². The summed E-state index contributed by atoms with van der Waals surface area (Å²) >= 11 is 11.5. The summed E-state index contributed by atoms with van der Waals surface area (Å²) in [5, 5.41) is -0.983. The van der Waals surface area contributed by atoms with E-state index >= 15 is 0 Å². The molecule has 0 unspecified atom stereocenters. The summed E-state index contributed by atoms with van der Waals surface area (Å²) in [6.07, 6.45) is -7.72. The maximum atomic E-state index is 13.5. The quantitative estimate of drug-likeness (QED) is 0.355. The maximum Gasteiger partial charge on any atom is 0.419 e. The van der Waals surface area contributed by atoms with Crippen LogP contribution in [0.1, 0.15) is 21.6 Å². The Morgan fingerprint density at radius 2 is 1.68 bits per heavy atom. The number of nitrogens with one attached hydrogen (secondary N) is 2. The molecule has 2 heterocycles. The number of pyridine rings is 1. The zero-order chi connectivity index (χ0) is 23.0. The van der Waals surface area contributed by atoms with Crippen molar-refractivity contribution in [2.75, 3.05) is 5.43 Å². The van der Waals surface area contributed by atoms with E-state index in [1.54, 1.807) is 0 Å². The molecule has 0 atom stereocenters. The Bertz CT molecular complexity index is 1130. The van der Waals surface area contributed by atoms with Crippen LogP contribution in [0, 0.1) is 0 Å². The number of anilines is 1. The number of alkyl halides is 6. The van der Waals surface area contributed by atoms with Crippen LogP contribution in [0.4, 0.5) is 32.2 Å². The van der Waals surface area contributed by atoms with Gasteiger partial charge in [-0.25, -0.2) is 4.98 Å². The van der Waals surface area contributed by atoms with Gasteiger partial charge in [0.15, 0.2) is 5.82 Å². The van der Waals surface area contributed by atoms with E-state index < -0.39 is 39.4 Å². The first-order valence-corrected chi connectivity index (χ1v) is 8.97. The van der Waals surface area contributed by atoms with Crippen molar-refractivity contribution in [2.45, 2.75) is 12.4 Å². The number of hydrogen-bond donors (Lipinski definition) is 2. The number of nitrogens with zero attached hydrogens (tertiary/aromatic N) is 2. The summed E-state index contributed by atoms with van der Waals surface area (Å²) in [5.41, 5.74) is 1.54. The second-order valence-corrected chi connectivity index (χ2v) is 6.84. The molecule has 5 nitrogen and oxygen atoms in total. The normalized spacial score (nSPS) is 12.0. The van der Waals surface area contributed by atoms with Gasteiger partial charge in [-0.1, -0.05) is 29.3 Å². The first kappa shape index (κ1) is 22.8. The minimum absolute atomic E-state index is 0.219. The number of aromatic nitrogens is 2. The molecule has 0 aliphatic rings. The molecule has 13 heteroatoms. The molecule has 0 spiro atoms. The second kappa shape index (κ2) is 8.31. The van der Waals surface area contributed by atoms with Crippen LogP contribution in [-0.4, -0.2) is 15.5 Å². The number of hydrogen-bond acceptors (Lipinski definition) is 3. The highest BCUT2D eigenvalue weighted by Crippen LogP contribution is 2.39. The molecule has 31 heavy (non-hydrogen) atoms. The number of benzene rings is 1. The molecule has 1 amide bonds. The summed E-state index contributed by atoms with van der Waals surface area (Å²) in [5.74, 6) is -1.20. The van der Waals surface area contributed by atoms with Crippen molar-refractivity contribution in [2.24, 2.45) is 0 Å². The molecule has 0 saturated heterocycles. The summed E-state index contributed by atoms with van der Waals surface area (Å²) in [6.45, 7) is 0. The summed E-state index contributed by atoms with van der Waals surface area (Å²) in [6, 6.07) is 6.66. The van der Waals surface area contributed by atoms with Crippen LogP contribution < -0.4 is 10.9 Å². The second-order valence-electron chi connectivity index (χ2n) is 6.03. The van der Waals surface area contributed by atoms with Gasteiger partial charge in [-0.3, -0.25) is 15.6 Å². The van der Waals surface area contributed by atoms with Crippen molar-refractivity contribution in [1.82, 2.24) is 15.0 Å². The summed E-state index contributed by atoms with van der Waals surface area (Å²) in [4.78, 5) is 16.0. The van der Waals surface area contributed by atoms with E-state index in [2.05, 4.69) is 15.8 Å². The third-order valence-corrected chi connectivity index (χ3v) is 4.58. The Morgan fingerprint density at radius 3 is 2.29 bits per heavy atom. The van der Waals surface area contributed by atoms with Crippen molar-refractivity contribution in [3.63, 3.8) is 0 Å². The molecule has 0 fully saturated rings. The fourth-order valence-corrected chi connectivity index (χ4v) is 3.13. The molecule has 1 aromatic carbocycles.